The van der Waals surface area contributed by atoms with Gasteiger partial charge in [-0.1, -0.05) is 137 Å². The fraction of sp³-hybridized carbons (Fsp3) is 0.887. The van der Waals surface area contributed by atoms with Gasteiger partial charge in [-0.3, -0.25) is 24.0 Å². The first kappa shape index (κ1) is 64.5. The predicted octanol–water partition coefficient (Wildman–Crippen LogP) is 11.5. The first-order valence-corrected chi connectivity index (χ1v) is 26.4. The van der Waals surface area contributed by atoms with E-state index in [1.54, 1.807) is 34.6 Å². The Balaban J connectivity index is 5.68. The van der Waals surface area contributed by atoms with Crippen molar-refractivity contribution in [2.24, 2.45) is 10.8 Å². The summed E-state index contributed by atoms with van der Waals surface area (Å²) in [5, 5.41) is 11.0. The van der Waals surface area contributed by atoms with E-state index in [1.807, 2.05) is 0 Å². The number of esters is 5. The molecule has 0 saturated carbocycles. The Morgan fingerprint density at radius 1 is 0.412 bits per heavy atom. The number of amides is 1. The second-order valence-corrected chi connectivity index (χ2v) is 20.4. The summed E-state index contributed by atoms with van der Waals surface area (Å²) in [6, 6.07) is 0. The summed E-state index contributed by atoms with van der Waals surface area (Å²) in [5.41, 5.74) is -2.85. The number of hydrogen-bond acceptors (Lipinski definition) is 14. The molecule has 0 aliphatic heterocycles. The molecule has 1 atom stereocenters. The van der Waals surface area contributed by atoms with Gasteiger partial charge in [-0.05, 0) is 53.4 Å². The average molecular weight is 972 g/mol. The predicted molar refractivity (Wildman–Crippen MR) is 264 cm³/mol. The van der Waals surface area contributed by atoms with Gasteiger partial charge in [-0.15, -0.1) is 0 Å². The van der Waals surface area contributed by atoms with E-state index in [2.05, 4.69) is 27.7 Å². The smallest absolute Gasteiger partial charge is 0.410 e. The average Bonchev–Trinajstić information content (AvgIpc) is 3.29. The topological polar surface area (TPSA) is 190 Å². The summed E-state index contributed by atoms with van der Waals surface area (Å²) in [4.78, 5) is 78.5. The number of carbonyl (C=O) groups excluding carboxylic acids is 6. The Bertz CT molecular complexity index is 1300. The maximum absolute atomic E-state index is 13.4. The van der Waals surface area contributed by atoms with Gasteiger partial charge in [0.15, 0.2) is 6.29 Å². The third-order valence-corrected chi connectivity index (χ3v) is 11.4. The molecular formula is C53H97NO14. The summed E-state index contributed by atoms with van der Waals surface area (Å²) < 4.78 is 39.6. The fourth-order valence-corrected chi connectivity index (χ4v) is 6.87. The molecule has 15 heteroatoms. The molecule has 1 unspecified atom stereocenters. The van der Waals surface area contributed by atoms with Gasteiger partial charge in [-0.25, -0.2) is 4.79 Å². The van der Waals surface area contributed by atoms with Crippen molar-refractivity contribution in [3.8, 4) is 0 Å². The molecule has 0 saturated heterocycles. The zero-order chi connectivity index (χ0) is 51.1. The van der Waals surface area contributed by atoms with E-state index in [-0.39, 0.29) is 115 Å². The Morgan fingerprint density at radius 2 is 0.706 bits per heavy atom. The Hall–Kier alpha value is -3.46. The highest BCUT2D eigenvalue weighted by molar-refractivity contribution is 5.72. The molecule has 15 nitrogen and oxygen atoms in total. The molecular weight excluding hydrogens is 875 g/mol. The third kappa shape index (κ3) is 37.4. The number of hydrogen-bond donors (Lipinski definition) is 1. The molecule has 0 aliphatic carbocycles. The third-order valence-electron chi connectivity index (χ3n) is 11.4. The molecule has 0 heterocycles. The van der Waals surface area contributed by atoms with E-state index in [9.17, 15) is 33.9 Å². The van der Waals surface area contributed by atoms with Crippen LogP contribution in [-0.4, -0.2) is 111 Å². The Labute approximate surface area is 411 Å². The van der Waals surface area contributed by atoms with E-state index in [0.29, 0.717) is 12.8 Å². The van der Waals surface area contributed by atoms with Crippen molar-refractivity contribution >= 4 is 35.9 Å². The van der Waals surface area contributed by atoms with Crippen LogP contribution in [0, 0.1) is 10.8 Å². The van der Waals surface area contributed by atoms with Crippen LogP contribution in [0.5, 0.6) is 0 Å². The molecule has 0 spiro atoms. The second kappa shape index (κ2) is 39.3. The van der Waals surface area contributed by atoms with Gasteiger partial charge in [0.05, 0.1) is 23.9 Å². The first-order chi connectivity index (χ1) is 32.3. The number of aliphatic hydroxyl groups is 1. The molecule has 0 aromatic rings. The highest BCUT2D eigenvalue weighted by Gasteiger charge is 2.33. The van der Waals surface area contributed by atoms with Crippen molar-refractivity contribution in [1.82, 2.24) is 4.90 Å². The SMILES string of the molecule is CCCCCCCC(=O)OCC(C)(COC(=O)CCCCCCC)COC(=O)CCN(CCC(O)OCC(C)(COC(=O)CCCCCCC)COC(=O)CCCCCCC)C(=O)OC(C)(C)C. The zero-order valence-corrected chi connectivity index (χ0v) is 44.3. The summed E-state index contributed by atoms with van der Waals surface area (Å²) in [6.07, 6.45) is 18.3. The van der Waals surface area contributed by atoms with Crippen molar-refractivity contribution in [3.05, 3.63) is 0 Å². The minimum Gasteiger partial charge on any atom is -0.465 e. The number of rotatable bonds is 43. The van der Waals surface area contributed by atoms with Crippen molar-refractivity contribution < 1.29 is 67.0 Å². The van der Waals surface area contributed by atoms with Crippen LogP contribution in [0.4, 0.5) is 4.79 Å². The summed E-state index contributed by atoms with van der Waals surface area (Å²) >= 11 is 0. The van der Waals surface area contributed by atoms with Crippen LogP contribution in [0.2, 0.25) is 0 Å². The number of ether oxygens (including phenoxy) is 7. The minimum atomic E-state index is -1.38. The van der Waals surface area contributed by atoms with Gasteiger partial charge in [0.2, 0.25) is 0 Å². The highest BCUT2D eigenvalue weighted by atomic mass is 16.6. The maximum atomic E-state index is 13.4. The Morgan fingerprint density at radius 3 is 1.01 bits per heavy atom. The summed E-state index contributed by atoms with van der Waals surface area (Å²) in [5.74, 6) is -2.10. The summed E-state index contributed by atoms with van der Waals surface area (Å²) in [7, 11) is 0. The van der Waals surface area contributed by atoms with Gasteiger partial charge in [-0.2, -0.15) is 0 Å². The standard InChI is InChI=1S/C53H97NO14/c1-10-14-18-22-26-30-44(55)62-38-52(8,39-63-45(56)31-27-23-19-15-11-2)42-66-48(59)34-36-54(50(61)68-51(5,6)7)37-35-49(60)67-43-53(9,40-64-46(57)32-28-24-20-16-12-3)41-65-47(58)33-29-25-21-17-13-4/h48,59H,10-43H2,1-9H3. The number of aliphatic hydroxyl groups excluding tert-OH is 1. The highest BCUT2D eigenvalue weighted by Crippen LogP contribution is 2.23. The second-order valence-electron chi connectivity index (χ2n) is 20.4. The van der Waals surface area contributed by atoms with E-state index in [1.165, 1.54) is 4.90 Å². The fourth-order valence-electron chi connectivity index (χ4n) is 6.87. The van der Waals surface area contributed by atoms with Crippen LogP contribution in [0.15, 0.2) is 0 Å². The Kier molecular flexibility index (Phi) is 37.3. The molecule has 0 rings (SSSR count). The quantitative estimate of drug-likeness (QED) is 0.0263. The normalized spacial score (nSPS) is 12.3. The van der Waals surface area contributed by atoms with E-state index < -0.39 is 34.8 Å². The van der Waals surface area contributed by atoms with E-state index in [4.69, 9.17) is 33.2 Å². The largest absolute Gasteiger partial charge is 0.465 e. The van der Waals surface area contributed by atoms with Crippen molar-refractivity contribution in [2.75, 3.05) is 52.7 Å². The van der Waals surface area contributed by atoms with Crippen LogP contribution in [0.3, 0.4) is 0 Å². The molecule has 1 N–H and O–H groups in total. The van der Waals surface area contributed by atoms with Crippen LogP contribution in [0.25, 0.3) is 0 Å². The lowest BCUT2D eigenvalue weighted by atomic mass is 9.94. The van der Waals surface area contributed by atoms with E-state index >= 15 is 0 Å². The number of carbonyl (C=O) groups is 6. The van der Waals surface area contributed by atoms with Crippen molar-refractivity contribution in [1.29, 1.82) is 0 Å². The molecule has 0 bridgehead atoms. The lowest BCUT2D eigenvalue weighted by Crippen LogP contribution is -2.41. The zero-order valence-electron chi connectivity index (χ0n) is 44.3. The van der Waals surface area contributed by atoms with Crippen LogP contribution >= 0.6 is 0 Å². The van der Waals surface area contributed by atoms with Crippen molar-refractivity contribution in [2.45, 2.75) is 241 Å². The van der Waals surface area contributed by atoms with Gasteiger partial charge >= 0.3 is 35.9 Å². The molecule has 398 valence electrons. The minimum absolute atomic E-state index is 0.0549. The molecule has 0 radical (unpaired) electrons. The van der Waals surface area contributed by atoms with Crippen LogP contribution in [-0.2, 0) is 57.1 Å². The lowest BCUT2D eigenvalue weighted by molar-refractivity contribution is -0.168. The van der Waals surface area contributed by atoms with Gasteiger partial charge in [0.25, 0.3) is 0 Å². The molecule has 1 amide bonds. The van der Waals surface area contributed by atoms with Gasteiger partial charge < -0.3 is 43.2 Å². The monoisotopic (exact) mass is 972 g/mol. The molecule has 0 aromatic carbocycles. The van der Waals surface area contributed by atoms with Crippen LogP contribution < -0.4 is 0 Å². The van der Waals surface area contributed by atoms with Gasteiger partial charge in [0.1, 0.15) is 38.6 Å². The summed E-state index contributed by atoms with van der Waals surface area (Å²) in [6.45, 7) is 16.2. The lowest BCUT2D eigenvalue weighted by Gasteiger charge is -2.31. The molecule has 0 fully saturated rings. The molecule has 0 aliphatic rings. The van der Waals surface area contributed by atoms with Gasteiger partial charge in [0, 0.05) is 45.2 Å². The number of nitrogens with zero attached hydrogens (tertiary/aromatic N) is 1. The van der Waals surface area contributed by atoms with Crippen LogP contribution in [0.1, 0.15) is 229 Å². The van der Waals surface area contributed by atoms with E-state index in [0.717, 1.165) is 116 Å². The van der Waals surface area contributed by atoms with Crippen molar-refractivity contribution in [3.63, 3.8) is 0 Å². The molecule has 0 aromatic heterocycles. The maximum Gasteiger partial charge on any atom is 0.410 e. The molecule has 68 heavy (non-hydrogen) atoms. The number of unbranched alkanes of at least 4 members (excludes halogenated alkanes) is 16. The first-order valence-electron chi connectivity index (χ1n) is 26.4.